The third-order valence-corrected chi connectivity index (χ3v) is 3.09. The van der Waals surface area contributed by atoms with E-state index < -0.39 is 0 Å². The van der Waals surface area contributed by atoms with Gasteiger partial charge in [-0.3, -0.25) is 9.69 Å². The summed E-state index contributed by atoms with van der Waals surface area (Å²) in [5, 5.41) is 3.03. The van der Waals surface area contributed by atoms with Crippen LogP contribution in [0.15, 0.2) is 18.3 Å². The van der Waals surface area contributed by atoms with Crippen molar-refractivity contribution in [2.24, 2.45) is 12.5 Å². The van der Waals surface area contributed by atoms with Crippen LogP contribution in [0.2, 0.25) is 0 Å². The Morgan fingerprint density at radius 2 is 2.06 bits per heavy atom. The van der Waals surface area contributed by atoms with Gasteiger partial charge in [-0.2, -0.15) is 0 Å². The first-order valence-corrected chi connectivity index (χ1v) is 6.29. The van der Waals surface area contributed by atoms with Crippen LogP contribution in [-0.4, -0.2) is 36.0 Å². The molecule has 1 unspecified atom stereocenters. The van der Waals surface area contributed by atoms with E-state index in [1.165, 1.54) is 5.69 Å². The Morgan fingerprint density at radius 3 is 2.44 bits per heavy atom. The molecule has 4 nitrogen and oxygen atoms in total. The summed E-state index contributed by atoms with van der Waals surface area (Å²) in [6.45, 7) is 6.40. The van der Waals surface area contributed by atoms with Gasteiger partial charge in [0.05, 0.1) is 6.04 Å². The monoisotopic (exact) mass is 251 g/mol. The van der Waals surface area contributed by atoms with Gasteiger partial charge in [0.2, 0.25) is 5.91 Å². The second-order valence-electron chi connectivity index (χ2n) is 5.98. The van der Waals surface area contributed by atoms with Crippen molar-refractivity contribution >= 4 is 5.91 Å². The molecule has 0 aliphatic carbocycles. The molecule has 102 valence electrons. The van der Waals surface area contributed by atoms with Crippen molar-refractivity contribution in [1.29, 1.82) is 0 Å². The van der Waals surface area contributed by atoms with Gasteiger partial charge < -0.3 is 9.88 Å². The molecule has 1 heterocycles. The summed E-state index contributed by atoms with van der Waals surface area (Å²) < 4.78 is 2.09. The van der Waals surface area contributed by atoms with Gasteiger partial charge in [-0.1, -0.05) is 20.8 Å². The van der Waals surface area contributed by atoms with Gasteiger partial charge in [-0.05, 0) is 26.2 Å². The fraction of sp³-hybridized carbons (Fsp3) is 0.643. The maximum absolute atomic E-state index is 11.9. The molecule has 18 heavy (non-hydrogen) atoms. The molecule has 4 heteroatoms. The van der Waals surface area contributed by atoms with Crippen molar-refractivity contribution in [3.63, 3.8) is 0 Å². The van der Waals surface area contributed by atoms with E-state index in [1.807, 2.05) is 54.2 Å². The fourth-order valence-electron chi connectivity index (χ4n) is 1.83. The van der Waals surface area contributed by atoms with Gasteiger partial charge in [-0.25, -0.2) is 0 Å². The third kappa shape index (κ3) is 3.60. The number of aromatic nitrogens is 1. The van der Waals surface area contributed by atoms with Gasteiger partial charge in [0, 0.05) is 30.9 Å². The quantitative estimate of drug-likeness (QED) is 0.886. The molecule has 0 bridgehead atoms. The normalized spacial score (nSPS) is 13.7. The average molecular weight is 251 g/mol. The van der Waals surface area contributed by atoms with Crippen LogP contribution < -0.4 is 5.32 Å². The van der Waals surface area contributed by atoms with E-state index in [0.717, 1.165) is 0 Å². The number of hydrogen-bond donors (Lipinski definition) is 1. The minimum Gasteiger partial charge on any atom is -0.354 e. The van der Waals surface area contributed by atoms with Crippen LogP contribution in [-0.2, 0) is 11.8 Å². The van der Waals surface area contributed by atoms with Gasteiger partial charge in [-0.15, -0.1) is 0 Å². The van der Waals surface area contributed by atoms with Crippen molar-refractivity contribution < 1.29 is 4.79 Å². The average Bonchev–Trinajstić information content (AvgIpc) is 2.63. The predicted octanol–water partition coefficient (Wildman–Crippen LogP) is 1.79. The maximum atomic E-state index is 11.9. The Labute approximate surface area is 110 Å². The first-order chi connectivity index (χ1) is 8.23. The predicted molar refractivity (Wildman–Crippen MR) is 74.3 cm³/mol. The van der Waals surface area contributed by atoms with E-state index in [0.29, 0.717) is 6.54 Å². The van der Waals surface area contributed by atoms with E-state index in [9.17, 15) is 4.79 Å². The molecular formula is C14H25N3O. The second kappa shape index (κ2) is 5.57. The van der Waals surface area contributed by atoms with Gasteiger partial charge in [0.1, 0.15) is 0 Å². The lowest BCUT2D eigenvalue weighted by Gasteiger charge is -2.27. The minimum absolute atomic E-state index is 0.0866. The Morgan fingerprint density at radius 1 is 1.44 bits per heavy atom. The fourth-order valence-corrected chi connectivity index (χ4v) is 1.83. The molecule has 1 atom stereocenters. The molecule has 1 N–H and O–H groups in total. The highest BCUT2D eigenvalue weighted by Gasteiger charge is 2.23. The Hall–Kier alpha value is -1.29. The van der Waals surface area contributed by atoms with Crippen molar-refractivity contribution in [3.8, 4) is 0 Å². The molecule has 0 fully saturated rings. The first-order valence-electron chi connectivity index (χ1n) is 6.29. The standard InChI is InChI=1S/C14H25N3O/c1-14(2,3)13(18)15-10-12(16(4)5)11-8-7-9-17(11)6/h7-9,12H,10H2,1-6H3,(H,15,18). The van der Waals surface area contributed by atoms with E-state index in [-0.39, 0.29) is 17.4 Å². The van der Waals surface area contributed by atoms with Crippen LogP contribution in [0.1, 0.15) is 32.5 Å². The molecule has 0 saturated heterocycles. The smallest absolute Gasteiger partial charge is 0.225 e. The Kier molecular flexibility index (Phi) is 4.57. The van der Waals surface area contributed by atoms with Gasteiger partial charge in [0.15, 0.2) is 0 Å². The summed E-state index contributed by atoms with van der Waals surface area (Å²) in [4.78, 5) is 14.0. The lowest BCUT2D eigenvalue weighted by atomic mass is 9.95. The second-order valence-corrected chi connectivity index (χ2v) is 5.98. The van der Waals surface area contributed by atoms with Crippen LogP contribution in [0.25, 0.3) is 0 Å². The lowest BCUT2D eigenvalue weighted by Crippen LogP contribution is -2.40. The Bertz CT molecular complexity index is 401. The highest BCUT2D eigenvalue weighted by molar-refractivity contribution is 5.81. The van der Waals surface area contributed by atoms with E-state index in [1.54, 1.807) is 0 Å². The summed E-state index contributed by atoms with van der Waals surface area (Å²) >= 11 is 0. The summed E-state index contributed by atoms with van der Waals surface area (Å²) in [6, 6.07) is 4.31. The van der Waals surface area contributed by atoms with Crippen molar-refractivity contribution in [1.82, 2.24) is 14.8 Å². The lowest BCUT2D eigenvalue weighted by molar-refractivity contribution is -0.128. The topological polar surface area (TPSA) is 37.3 Å². The SMILES string of the molecule is CN(C)C(CNC(=O)C(C)(C)C)c1cccn1C. The number of amides is 1. The van der Waals surface area contributed by atoms with E-state index >= 15 is 0 Å². The van der Waals surface area contributed by atoms with Crippen LogP contribution >= 0.6 is 0 Å². The molecule has 1 rings (SSSR count). The minimum atomic E-state index is -0.342. The number of likely N-dealkylation sites (N-methyl/N-ethyl adjacent to an activating group) is 1. The van der Waals surface area contributed by atoms with Crippen LogP contribution in [0.3, 0.4) is 0 Å². The molecule has 0 radical (unpaired) electrons. The van der Waals surface area contributed by atoms with Gasteiger partial charge in [0.25, 0.3) is 0 Å². The molecular weight excluding hydrogens is 226 g/mol. The molecule has 0 aromatic carbocycles. The van der Waals surface area contributed by atoms with E-state index in [4.69, 9.17) is 0 Å². The molecule has 1 amide bonds. The number of carbonyl (C=O) groups is 1. The number of rotatable bonds is 4. The largest absolute Gasteiger partial charge is 0.354 e. The zero-order valence-corrected chi connectivity index (χ0v) is 12.3. The first kappa shape index (κ1) is 14.8. The third-order valence-electron chi connectivity index (χ3n) is 3.09. The summed E-state index contributed by atoms with van der Waals surface area (Å²) in [5.41, 5.74) is 0.861. The number of aryl methyl sites for hydroxylation is 1. The van der Waals surface area contributed by atoms with Crippen molar-refractivity contribution in [3.05, 3.63) is 24.0 Å². The van der Waals surface area contributed by atoms with Crippen molar-refractivity contribution in [2.45, 2.75) is 26.8 Å². The summed E-state index contributed by atoms with van der Waals surface area (Å²) in [5.74, 6) is 0.0866. The highest BCUT2D eigenvalue weighted by Crippen LogP contribution is 2.18. The maximum Gasteiger partial charge on any atom is 0.225 e. The van der Waals surface area contributed by atoms with Crippen LogP contribution in [0.4, 0.5) is 0 Å². The van der Waals surface area contributed by atoms with Gasteiger partial charge >= 0.3 is 0 Å². The number of nitrogens with one attached hydrogen (secondary N) is 1. The zero-order chi connectivity index (χ0) is 13.9. The molecule has 0 saturated carbocycles. The molecule has 0 aliphatic rings. The zero-order valence-electron chi connectivity index (χ0n) is 12.3. The van der Waals surface area contributed by atoms with Crippen molar-refractivity contribution in [2.75, 3.05) is 20.6 Å². The molecule has 1 aromatic rings. The van der Waals surface area contributed by atoms with E-state index in [2.05, 4.69) is 20.9 Å². The summed E-state index contributed by atoms with van der Waals surface area (Å²) in [7, 11) is 6.08. The number of hydrogen-bond acceptors (Lipinski definition) is 2. The molecule has 0 aliphatic heterocycles. The highest BCUT2D eigenvalue weighted by atomic mass is 16.2. The van der Waals surface area contributed by atoms with Crippen LogP contribution in [0.5, 0.6) is 0 Å². The molecule has 1 aromatic heterocycles. The summed E-state index contributed by atoms with van der Waals surface area (Å²) in [6.07, 6.45) is 2.03. The Balaban J connectivity index is 2.72. The van der Waals surface area contributed by atoms with Crippen LogP contribution in [0, 0.1) is 5.41 Å². The number of carbonyl (C=O) groups excluding carboxylic acids is 1. The molecule has 0 spiro atoms. The number of nitrogens with zero attached hydrogens (tertiary/aromatic N) is 2.